The minimum atomic E-state index is -3.66. The second-order valence-corrected chi connectivity index (χ2v) is 7.52. The molecule has 8 heteroatoms. The molecule has 2 heterocycles. The Morgan fingerprint density at radius 2 is 2.32 bits per heavy atom. The van der Waals surface area contributed by atoms with Gasteiger partial charge in [0.1, 0.15) is 4.21 Å². The third kappa shape index (κ3) is 3.75. The predicted molar refractivity (Wildman–Crippen MR) is 71.1 cm³/mol. The van der Waals surface area contributed by atoms with Crippen LogP contribution in [0.15, 0.2) is 16.3 Å². The highest BCUT2D eigenvalue weighted by Gasteiger charge is 2.28. The minimum Gasteiger partial charge on any atom is -0.378 e. The maximum absolute atomic E-state index is 11.8. The van der Waals surface area contributed by atoms with Crippen LogP contribution in [0.25, 0.3) is 0 Å². The molecule has 0 bridgehead atoms. The lowest BCUT2D eigenvalue weighted by Crippen LogP contribution is -2.30. The van der Waals surface area contributed by atoms with Crippen LogP contribution in [0.2, 0.25) is 0 Å². The molecule has 0 saturated carbocycles. The van der Waals surface area contributed by atoms with Crippen LogP contribution in [0.5, 0.6) is 0 Å². The molecular formula is C11H16N2O4S2. The third-order valence-electron chi connectivity index (χ3n) is 2.92. The monoisotopic (exact) mass is 304 g/mol. The zero-order chi connectivity index (χ0) is 14.0. The first-order valence-electron chi connectivity index (χ1n) is 5.87. The van der Waals surface area contributed by atoms with Crippen LogP contribution in [-0.4, -0.2) is 27.0 Å². The van der Waals surface area contributed by atoms with Crippen LogP contribution in [-0.2, 0) is 26.1 Å². The summed E-state index contributed by atoms with van der Waals surface area (Å²) in [6.45, 7) is 2.69. The van der Waals surface area contributed by atoms with Gasteiger partial charge in [0.15, 0.2) is 0 Å². The number of ether oxygens (including phenoxy) is 1. The van der Waals surface area contributed by atoms with Gasteiger partial charge >= 0.3 is 0 Å². The van der Waals surface area contributed by atoms with Crippen molar-refractivity contribution in [1.82, 2.24) is 5.32 Å². The lowest BCUT2D eigenvalue weighted by molar-refractivity contribution is -0.125. The molecule has 1 aromatic rings. The van der Waals surface area contributed by atoms with Gasteiger partial charge in [-0.2, -0.15) is 0 Å². The van der Waals surface area contributed by atoms with Gasteiger partial charge in [0, 0.05) is 4.88 Å². The summed E-state index contributed by atoms with van der Waals surface area (Å²) in [4.78, 5) is 12.6. The van der Waals surface area contributed by atoms with Crippen molar-refractivity contribution in [1.29, 1.82) is 0 Å². The predicted octanol–water partition coefficient (Wildman–Crippen LogP) is 0.437. The first-order valence-corrected chi connectivity index (χ1v) is 8.23. The van der Waals surface area contributed by atoms with Crippen molar-refractivity contribution in [2.45, 2.75) is 30.2 Å². The van der Waals surface area contributed by atoms with E-state index in [0.717, 1.165) is 22.6 Å². The molecule has 3 N–H and O–H groups in total. The van der Waals surface area contributed by atoms with E-state index in [1.807, 2.05) is 6.92 Å². The van der Waals surface area contributed by atoms with Crippen LogP contribution in [0.4, 0.5) is 0 Å². The number of sulfonamides is 1. The summed E-state index contributed by atoms with van der Waals surface area (Å²) in [5.41, 5.74) is 0. The summed E-state index contributed by atoms with van der Waals surface area (Å²) < 4.78 is 27.7. The number of hydrogen-bond donors (Lipinski definition) is 2. The number of nitrogens with one attached hydrogen (secondary N) is 1. The summed E-state index contributed by atoms with van der Waals surface area (Å²) in [5, 5.41) is 7.80. The van der Waals surface area contributed by atoms with Crippen molar-refractivity contribution in [3.8, 4) is 0 Å². The molecule has 2 unspecified atom stereocenters. The quantitative estimate of drug-likeness (QED) is 0.843. The molecule has 0 aliphatic carbocycles. The van der Waals surface area contributed by atoms with Gasteiger partial charge in [-0.15, -0.1) is 11.3 Å². The van der Waals surface area contributed by atoms with Crippen LogP contribution in [0.3, 0.4) is 0 Å². The smallest absolute Gasteiger partial charge is 0.247 e. The van der Waals surface area contributed by atoms with E-state index in [2.05, 4.69) is 5.32 Å². The van der Waals surface area contributed by atoms with E-state index < -0.39 is 10.0 Å². The normalized spacial score (nSPS) is 23.5. The molecule has 1 fully saturated rings. The van der Waals surface area contributed by atoms with E-state index in [0.29, 0.717) is 13.2 Å². The van der Waals surface area contributed by atoms with E-state index in [9.17, 15) is 13.2 Å². The zero-order valence-corrected chi connectivity index (χ0v) is 12.1. The summed E-state index contributed by atoms with van der Waals surface area (Å²) in [6.07, 6.45) is 0.838. The molecule has 106 valence electrons. The van der Waals surface area contributed by atoms with E-state index in [4.69, 9.17) is 9.88 Å². The summed E-state index contributed by atoms with van der Waals surface area (Å²) >= 11 is 1.07. The lowest BCUT2D eigenvalue weighted by atomic mass is 10.1. The Bertz CT molecular complexity index is 567. The van der Waals surface area contributed by atoms with Gasteiger partial charge in [-0.05, 0) is 25.5 Å². The molecule has 1 saturated heterocycles. The summed E-state index contributed by atoms with van der Waals surface area (Å²) in [7, 11) is -3.66. The van der Waals surface area contributed by atoms with Gasteiger partial charge in [0.2, 0.25) is 15.9 Å². The van der Waals surface area contributed by atoms with Crippen LogP contribution in [0.1, 0.15) is 18.2 Å². The average molecular weight is 304 g/mol. The van der Waals surface area contributed by atoms with Crippen molar-refractivity contribution in [3.63, 3.8) is 0 Å². The number of rotatable bonds is 4. The first kappa shape index (κ1) is 14.4. The molecule has 2 rings (SSSR count). The number of hydrogen-bond acceptors (Lipinski definition) is 5. The fourth-order valence-electron chi connectivity index (χ4n) is 1.92. The number of primary sulfonamides is 1. The maximum Gasteiger partial charge on any atom is 0.247 e. The highest BCUT2D eigenvalue weighted by molar-refractivity contribution is 7.91. The highest BCUT2D eigenvalue weighted by Crippen LogP contribution is 2.21. The van der Waals surface area contributed by atoms with Crippen LogP contribution in [0, 0.1) is 5.92 Å². The van der Waals surface area contributed by atoms with Crippen molar-refractivity contribution < 1.29 is 17.9 Å². The SMILES string of the molecule is CC1CC(C(=O)NCc2ccc(S(N)(=O)=O)s2)CO1. The van der Waals surface area contributed by atoms with Crippen molar-refractivity contribution >= 4 is 27.3 Å². The topological polar surface area (TPSA) is 98.5 Å². The molecule has 1 aliphatic heterocycles. The van der Waals surface area contributed by atoms with Crippen molar-refractivity contribution in [2.24, 2.45) is 11.1 Å². The minimum absolute atomic E-state index is 0.0603. The largest absolute Gasteiger partial charge is 0.378 e. The van der Waals surface area contributed by atoms with Gasteiger partial charge in [0.05, 0.1) is 25.2 Å². The molecule has 1 amide bonds. The van der Waals surface area contributed by atoms with E-state index in [1.165, 1.54) is 6.07 Å². The molecule has 1 aliphatic rings. The molecule has 2 atom stereocenters. The van der Waals surface area contributed by atoms with E-state index in [-0.39, 0.29) is 22.1 Å². The summed E-state index contributed by atoms with van der Waals surface area (Å²) in [5.74, 6) is -0.178. The molecule has 0 spiro atoms. The van der Waals surface area contributed by atoms with Crippen molar-refractivity contribution in [3.05, 3.63) is 17.0 Å². The number of nitrogens with two attached hydrogens (primary N) is 1. The zero-order valence-electron chi connectivity index (χ0n) is 10.5. The Morgan fingerprint density at radius 3 is 2.84 bits per heavy atom. The standard InChI is InChI=1S/C11H16N2O4S2/c1-7-4-8(6-17-7)11(14)13-5-9-2-3-10(18-9)19(12,15)16/h2-3,7-8H,4-6H2,1H3,(H,13,14)(H2,12,15,16). The average Bonchev–Trinajstić information content (AvgIpc) is 2.93. The van der Waals surface area contributed by atoms with E-state index in [1.54, 1.807) is 6.07 Å². The van der Waals surface area contributed by atoms with E-state index >= 15 is 0 Å². The lowest BCUT2D eigenvalue weighted by Gasteiger charge is -2.08. The molecular weight excluding hydrogens is 288 g/mol. The Kier molecular flexibility index (Phi) is 4.24. The highest BCUT2D eigenvalue weighted by atomic mass is 32.2. The number of carbonyl (C=O) groups excluding carboxylic acids is 1. The Balaban J connectivity index is 1.89. The second-order valence-electron chi connectivity index (χ2n) is 4.56. The Morgan fingerprint density at radius 1 is 1.58 bits per heavy atom. The molecule has 6 nitrogen and oxygen atoms in total. The van der Waals surface area contributed by atoms with Crippen LogP contribution < -0.4 is 10.5 Å². The fraction of sp³-hybridized carbons (Fsp3) is 0.545. The van der Waals surface area contributed by atoms with Gasteiger partial charge < -0.3 is 10.1 Å². The Labute approximate surface area is 116 Å². The second kappa shape index (κ2) is 5.58. The maximum atomic E-state index is 11.8. The molecule has 19 heavy (non-hydrogen) atoms. The molecule has 0 radical (unpaired) electrons. The van der Waals surface area contributed by atoms with Crippen molar-refractivity contribution in [2.75, 3.05) is 6.61 Å². The number of thiophene rings is 1. The third-order valence-corrected chi connectivity index (χ3v) is 5.45. The van der Waals surface area contributed by atoms with Gasteiger partial charge in [0.25, 0.3) is 0 Å². The first-order chi connectivity index (χ1) is 8.86. The molecule has 1 aromatic heterocycles. The molecule has 0 aromatic carbocycles. The fourth-order valence-corrected chi connectivity index (χ4v) is 3.64. The van der Waals surface area contributed by atoms with Gasteiger partial charge in [-0.25, -0.2) is 13.6 Å². The number of amides is 1. The van der Waals surface area contributed by atoms with Gasteiger partial charge in [-0.1, -0.05) is 0 Å². The number of carbonyl (C=O) groups is 1. The van der Waals surface area contributed by atoms with Gasteiger partial charge in [-0.3, -0.25) is 4.79 Å². The van der Waals surface area contributed by atoms with Crippen LogP contribution >= 0.6 is 11.3 Å². The summed E-state index contributed by atoms with van der Waals surface area (Å²) in [6, 6.07) is 3.10. The Hall–Kier alpha value is -0.960.